The number of ketones is 1. The van der Waals surface area contributed by atoms with Crippen LogP contribution in [0.25, 0.3) is 0 Å². The van der Waals surface area contributed by atoms with Crippen LogP contribution in [0.5, 0.6) is 0 Å². The molecule has 160 valence electrons. The lowest BCUT2D eigenvalue weighted by atomic mass is 9.70. The van der Waals surface area contributed by atoms with Crippen LogP contribution in [0.15, 0.2) is 73.1 Å². The number of para-hydroxylation sites is 1. The van der Waals surface area contributed by atoms with E-state index in [1.807, 2.05) is 36.2 Å². The molecule has 3 atom stereocenters. The number of rotatable bonds is 4. The second kappa shape index (κ2) is 7.35. The first-order chi connectivity index (χ1) is 15.4. The molecule has 0 unspecified atom stereocenters. The summed E-state index contributed by atoms with van der Waals surface area (Å²) in [6.45, 7) is 0.441. The van der Waals surface area contributed by atoms with Crippen LogP contribution in [-0.4, -0.2) is 40.1 Å². The Morgan fingerprint density at radius 2 is 1.91 bits per heavy atom. The largest absolute Gasteiger partial charge is 0.324 e. The number of likely N-dealkylation sites (N-methyl/N-ethyl adjacent to an activating group) is 1. The highest BCUT2D eigenvalue weighted by Gasteiger charge is 2.64. The number of likely N-dealkylation sites (tertiary alicyclic amines) is 1. The number of fused-ring (bicyclic) bond motifs is 2. The number of nitro benzene ring substituents is 1. The number of hydrogen-bond donors (Lipinski definition) is 1. The van der Waals surface area contributed by atoms with Crippen molar-refractivity contribution in [2.24, 2.45) is 5.92 Å². The zero-order chi connectivity index (χ0) is 22.5. The van der Waals surface area contributed by atoms with Gasteiger partial charge in [0.05, 0.1) is 10.8 Å². The molecule has 1 N–H and O–H groups in total. The van der Waals surface area contributed by atoms with Crippen molar-refractivity contribution in [3.05, 3.63) is 99.9 Å². The second-order valence-electron chi connectivity index (χ2n) is 8.19. The fourth-order valence-corrected chi connectivity index (χ4v) is 5.23. The molecule has 0 radical (unpaired) electrons. The van der Waals surface area contributed by atoms with E-state index in [-0.39, 0.29) is 23.3 Å². The molecule has 1 aromatic heterocycles. The van der Waals surface area contributed by atoms with Gasteiger partial charge in [-0.2, -0.15) is 0 Å². The smallest absolute Gasteiger partial charge is 0.269 e. The van der Waals surface area contributed by atoms with Gasteiger partial charge in [0.25, 0.3) is 5.69 Å². The van der Waals surface area contributed by atoms with E-state index in [9.17, 15) is 19.7 Å². The Bertz CT molecular complexity index is 1230. The third-order valence-electron chi connectivity index (χ3n) is 6.62. The molecular weight excluding hydrogens is 408 g/mol. The molecule has 0 saturated carbocycles. The molecule has 1 saturated heterocycles. The zero-order valence-electron chi connectivity index (χ0n) is 17.3. The summed E-state index contributed by atoms with van der Waals surface area (Å²) in [6.07, 6.45) is 3.11. The maximum absolute atomic E-state index is 13.9. The fourth-order valence-electron chi connectivity index (χ4n) is 5.23. The summed E-state index contributed by atoms with van der Waals surface area (Å²) in [7, 11) is 1.84. The van der Waals surface area contributed by atoms with E-state index < -0.39 is 16.4 Å². The normalized spacial score (nSPS) is 24.3. The highest BCUT2D eigenvalue weighted by atomic mass is 16.6. The lowest BCUT2D eigenvalue weighted by molar-refractivity contribution is -0.384. The highest BCUT2D eigenvalue weighted by molar-refractivity contribution is 6.12. The predicted octanol–water partition coefficient (Wildman–Crippen LogP) is 3.37. The highest BCUT2D eigenvalue weighted by Crippen LogP contribution is 2.55. The third-order valence-corrected chi connectivity index (χ3v) is 6.62. The van der Waals surface area contributed by atoms with E-state index >= 15 is 0 Å². The quantitative estimate of drug-likeness (QED) is 0.388. The molecule has 2 aromatic carbocycles. The number of nitrogens with one attached hydrogen (secondary N) is 1. The van der Waals surface area contributed by atoms with Gasteiger partial charge < -0.3 is 5.32 Å². The van der Waals surface area contributed by atoms with E-state index in [0.717, 1.165) is 11.1 Å². The van der Waals surface area contributed by atoms with Crippen LogP contribution in [0, 0.1) is 16.0 Å². The monoisotopic (exact) mass is 428 g/mol. The Labute approximate surface area is 184 Å². The van der Waals surface area contributed by atoms with Crippen molar-refractivity contribution < 1.29 is 14.5 Å². The Morgan fingerprint density at radius 3 is 2.59 bits per heavy atom. The lowest BCUT2D eigenvalue weighted by Crippen LogP contribution is -2.51. The SMILES string of the molecule is CN1C[C@H](c2ccc([N+](=O)[O-])cc2)[C@@H](C(=O)c2cccnc2)[C@@]12C(=O)Nc1ccccc12. The summed E-state index contributed by atoms with van der Waals surface area (Å²) in [4.78, 5) is 44.1. The molecule has 8 heteroatoms. The number of hydrogen-bond acceptors (Lipinski definition) is 6. The molecule has 8 nitrogen and oxygen atoms in total. The molecule has 3 heterocycles. The van der Waals surface area contributed by atoms with Gasteiger partial charge in [0, 0.05) is 53.8 Å². The number of Topliss-reactive ketones (excluding diaryl/α,β-unsaturated/α-hetero) is 1. The van der Waals surface area contributed by atoms with Crippen LogP contribution < -0.4 is 5.32 Å². The number of nitrogens with zero attached hydrogens (tertiary/aromatic N) is 3. The summed E-state index contributed by atoms with van der Waals surface area (Å²) >= 11 is 0. The van der Waals surface area contributed by atoms with Crippen molar-refractivity contribution >= 4 is 23.1 Å². The van der Waals surface area contributed by atoms with Crippen LogP contribution in [-0.2, 0) is 10.3 Å². The van der Waals surface area contributed by atoms with Gasteiger partial charge in [-0.25, -0.2) is 0 Å². The minimum atomic E-state index is -1.18. The van der Waals surface area contributed by atoms with Crippen molar-refractivity contribution in [2.75, 3.05) is 18.9 Å². The van der Waals surface area contributed by atoms with Gasteiger partial charge in [-0.05, 0) is 30.8 Å². The second-order valence-corrected chi connectivity index (χ2v) is 8.19. The van der Waals surface area contributed by atoms with Crippen LogP contribution >= 0.6 is 0 Å². The Morgan fingerprint density at radius 1 is 1.16 bits per heavy atom. The molecule has 1 spiro atoms. The molecule has 32 heavy (non-hydrogen) atoms. The van der Waals surface area contributed by atoms with Gasteiger partial charge in [0.2, 0.25) is 5.91 Å². The Hall–Kier alpha value is -3.91. The van der Waals surface area contributed by atoms with Gasteiger partial charge in [-0.3, -0.25) is 29.6 Å². The molecule has 0 aliphatic carbocycles. The molecule has 0 bridgehead atoms. The van der Waals surface area contributed by atoms with E-state index in [4.69, 9.17) is 0 Å². The summed E-state index contributed by atoms with van der Waals surface area (Å²) in [5.41, 5.74) is 1.46. The summed E-state index contributed by atoms with van der Waals surface area (Å²) in [6, 6.07) is 17.1. The number of aromatic nitrogens is 1. The van der Waals surface area contributed by atoms with Gasteiger partial charge >= 0.3 is 0 Å². The predicted molar refractivity (Wildman–Crippen MR) is 117 cm³/mol. The fraction of sp³-hybridized carbons (Fsp3) is 0.208. The van der Waals surface area contributed by atoms with Crippen LogP contribution in [0.3, 0.4) is 0 Å². The number of amides is 1. The average molecular weight is 428 g/mol. The summed E-state index contributed by atoms with van der Waals surface area (Å²) in [5, 5.41) is 14.1. The molecule has 2 aliphatic heterocycles. The topological polar surface area (TPSA) is 105 Å². The maximum Gasteiger partial charge on any atom is 0.269 e. The number of anilines is 1. The van der Waals surface area contributed by atoms with E-state index in [2.05, 4.69) is 10.3 Å². The van der Waals surface area contributed by atoms with E-state index in [1.165, 1.54) is 18.3 Å². The maximum atomic E-state index is 13.9. The van der Waals surface area contributed by atoms with Crippen molar-refractivity contribution in [1.82, 2.24) is 9.88 Å². The third kappa shape index (κ3) is 2.76. The van der Waals surface area contributed by atoms with Crippen LogP contribution in [0.2, 0.25) is 0 Å². The van der Waals surface area contributed by atoms with E-state index in [1.54, 1.807) is 30.5 Å². The van der Waals surface area contributed by atoms with Crippen molar-refractivity contribution in [3.8, 4) is 0 Å². The average Bonchev–Trinajstić information content (AvgIpc) is 3.29. The van der Waals surface area contributed by atoms with E-state index in [0.29, 0.717) is 17.8 Å². The molecule has 5 rings (SSSR count). The Kier molecular flexibility index (Phi) is 4.60. The summed E-state index contributed by atoms with van der Waals surface area (Å²) in [5.74, 6) is -1.50. The van der Waals surface area contributed by atoms with Gasteiger partial charge in [0.15, 0.2) is 5.78 Å². The first-order valence-electron chi connectivity index (χ1n) is 10.3. The van der Waals surface area contributed by atoms with Crippen molar-refractivity contribution in [3.63, 3.8) is 0 Å². The van der Waals surface area contributed by atoms with Gasteiger partial charge in [0.1, 0.15) is 5.54 Å². The molecule has 1 fully saturated rings. The minimum absolute atomic E-state index is 0.0195. The van der Waals surface area contributed by atoms with Crippen molar-refractivity contribution in [2.45, 2.75) is 11.5 Å². The lowest BCUT2D eigenvalue weighted by Gasteiger charge is -2.35. The van der Waals surface area contributed by atoms with Crippen LogP contribution in [0.4, 0.5) is 11.4 Å². The van der Waals surface area contributed by atoms with Gasteiger partial charge in [-0.1, -0.05) is 30.3 Å². The minimum Gasteiger partial charge on any atom is -0.324 e. The first-order valence-corrected chi connectivity index (χ1v) is 10.3. The number of non-ortho nitro benzene ring substituents is 1. The van der Waals surface area contributed by atoms with Gasteiger partial charge in [-0.15, -0.1) is 0 Å². The van der Waals surface area contributed by atoms with Crippen molar-refractivity contribution in [1.29, 1.82) is 0 Å². The number of pyridine rings is 1. The number of benzene rings is 2. The zero-order valence-corrected chi connectivity index (χ0v) is 17.3. The first kappa shape index (κ1) is 20.0. The number of carbonyl (C=O) groups is 2. The number of carbonyl (C=O) groups excluding carboxylic acids is 2. The molecular formula is C24H20N4O4. The number of nitro groups is 1. The molecule has 3 aromatic rings. The van der Waals surface area contributed by atoms with Crippen LogP contribution in [0.1, 0.15) is 27.4 Å². The molecule has 1 amide bonds. The Balaban J connectivity index is 1.70. The molecule has 2 aliphatic rings. The standard InChI is InChI=1S/C24H20N4O4/c1-27-14-18(15-8-10-17(11-9-15)28(31)32)21(22(29)16-5-4-12-25-13-16)24(27)19-6-2-3-7-20(19)26-23(24)30/h2-13,18,21H,14H2,1H3,(H,26,30)/t18-,21+,24+/m1/s1. The summed E-state index contributed by atoms with van der Waals surface area (Å²) < 4.78 is 0.